The van der Waals surface area contributed by atoms with Crippen LogP contribution in [0.1, 0.15) is 19.8 Å². The molecule has 12 heavy (non-hydrogen) atoms. The van der Waals surface area contributed by atoms with Gasteiger partial charge in [0.25, 0.3) is 0 Å². The monoisotopic (exact) mass is 174 g/mol. The summed E-state index contributed by atoms with van der Waals surface area (Å²) in [5, 5.41) is 13.1. The van der Waals surface area contributed by atoms with Crippen LogP contribution in [0.3, 0.4) is 0 Å². The molecule has 5 nitrogen and oxygen atoms in total. The summed E-state index contributed by atoms with van der Waals surface area (Å²) in [5.74, 6) is 0.260. The molecule has 4 N–H and O–H groups in total. The number of nitrogens with two attached hydrogens (primary N) is 1. The summed E-state index contributed by atoms with van der Waals surface area (Å²) in [4.78, 5) is 0. The number of nitrogens with one attached hydrogen (secondary N) is 1. The molecule has 0 aliphatic heterocycles. The van der Waals surface area contributed by atoms with E-state index < -0.39 is 0 Å². The van der Waals surface area contributed by atoms with E-state index in [4.69, 9.17) is 10.9 Å². The smallest absolute Gasteiger partial charge is 0.140 e. The molecule has 0 fully saturated rings. The Morgan fingerprint density at radius 3 is 2.58 bits per heavy atom. The van der Waals surface area contributed by atoms with Crippen molar-refractivity contribution >= 4 is 5.84 Å². The molecule has 1 atom stereocenters. The van der Waals surface area contributed by atoms with Crippen molar-refractivity contribution in [2.75, 3.05) is 14.1 Å². The minimum atomic E-state index is 0.232. The third-order valence-corrected chi connectivity index (χ3v) is 1.52. The molecule has 0 rings (SSSR count). The Morgan fingerprint density at radius 2 is 2.25 bits per heavy atom. The lowest BCUT2D eigenvalue weighted by Crippen LogP contribution is -2.41. The Bertz CT molecular complexity index is 146. The van der Waals surface area contributed by atoms with Crippen molar-refractivity contribution < 1.29 is 5.21 Å². The molecular weight excluding hydrogens is 156 g/mol. The molecule has 0 heterocycles. The third-order valence-electron chi connectivity index (χ3n) is 1.52. The zero-order valence-electron chi connectivity index (χ0n) is 7.91. The summed E-state index contributed by atoms with van der Waals surface area (Å²) in [7, 11) is 3.82. The van der Waals surface area contributed by atoms with Crippen molar-refractivity contribution in [2.24, 2.45) is 10.9 Å². The first kappa shape index (κ1) is 11.2. The van der Waals surface area contributed by atoms with Gasteiger partial charge in [0.15, 0.2) is 0 Å². The zero-order valence-corrected chi connectivity index (χ0v) is 7.91. The normalized spacial score (nSPS) is 15.2. The van der Waals surface area contributed by atoms with E-state index in [-0.39, 0.29) is 11.9 Å². The maximum Gasteiger partial charge on any atom is 0.140 e. The molecule has 1 unspecified atom stereocenters. The molecule has 0 aromatic heterocycles. The van der Waals surface area contributed by atoms with E-state index in [1.165, 1.54) is 0 Å². The summed E-state index contributed by atoms with van der Waals surface area (Å²) in [5.41, 5.74) is 8.52. The maximum atomic E-state index is 8.33. The summed E-state index contributed by atoms with van der Waals surface area (Å²) < 4.78 is 0. The highest BCUT2D eigenvalue weighted by Crippen LogP contribution is 1.97. The standard InChI is InChI=1S/C7H18N4O/c1-4-6(9-11(2)3)5-7(8)10-12/h6,9,12H,4-5H2,1-3H3,(H2,8,10). The van der Waals surface area contributed by atoms with Crippen LogP contribution in [0.5, 0.6) is 0 Å². The van der Waals surface area contributed by atoms with Gasteiger partial charge in [0.1, 0.15) is 5.84 Å². The van der Waals surface area contributed by atoms with E-state index in [1.54, 1.807) is 0 Å². The highest BCUT2D eigenvalue weighted by atomic mass is 16.4. The fourth-order valence-corrected chi connectivity index (χ4v) is 0.940. The summed E-state index contributed by atoms with van der Waals surface area (Å²) in [6.07, 6.45) is 1.50. The Balaban J connectivity index is 3.83. The largest absolute Gasteiger partial charge is 0.409 e. The second-order valence-electron chi connectivity index (χ2n) is 2.92. The minimum absolute atomic E-state index is 0.232. The highest BCUT2D eigenvalue weighted by Gasteiger charge is 2.08. The third kappa shape index (κ3) is 4.92. The maximum absolute atomic E-state index is 8.33. The molecule has 0 aliphatic carbocycles. The number of rotatable bonds is 5. The molecule has 72 valence electrons. The first-order chi connectivity index (χ1) is 5.60. The van der Waals surface area contributed by atoms with Crippen molar-refractivity contribution in [3.05, 3.63) is 0 Å². The van der Waals surface area contributed by atoms with Crippen LogP contribution >= 0.6 is 0 Å². The van der Waals surface area contributed by atoms with Crippen LogP contribution in [0.2, 0.25) is 0 Å². The van der Waals surface area contributed by atoms with Gasteiger partial charge in [-0.05, 0) is 6.42 Å². The van der Waals surface area contributed by atoms with Gasteiger partial charge in [-0.25, -0.2) is 0 Å². The quantitative estimate of drug-likeness (QED) is 0.237. The van der Waals surface area contributed by atoms with Crippen molar-refractivity contribution in [3.8, 4) is 0 Å². The summed E-state index contributed by atoms with van der Waals surface area (Å²) in [6.45, 7) is 2.05. The fourth-order valence-electron chi connectivity index (χ4n) is 0.940. The minimum Gasteiger partial charge on any atom is -0.409 e. The average molecular weight is 174 g/mol. The van der Waals surface area contributed by atoms with Crippen LogP contribution in [-0.4, -0.2) is 36.2 Å². The van der Waals surface area contributed by atoms with Gasteiger partial charge in [0.2, 0.25) is 0 Å². The predicted molar refractivity (Wildman–Crippen MR) is 48.9 cm³/mol. The van der Waals surface area contributed by atoms with Gasteiger partial charge in [-0.15, -0.1) is 0 Å². The number of nitrogens with zero attached hydrogens (tertiary/aromatic N) is 2. The summed E-state index contributed by atoms with van der Waals surface area (Å²) in [6, 6.07) is 0.232. The Labute approximate surface area is 73.2 Å². The van der Waals surface area contributed by atoms with E-state index in [0.717, 1.165) is 6.42 Å². The van der Waals surface area contributed by atoms with Crippen LogP contribution in [0.15, 0.2) is 5.16 Å². The van der Waals surface area contributed by atoms with Crippen LogP contribution < -0.4 is 11.2 Å². The second-order valence-corrected chi connectivity index (χ2v) is 2.92. The number of amidine groups is 1. The van der Waals surface area contributed by atoms with Crippen molar-refractivity contribution in [1.82, 2.24) is 10.4 Å². The lowest BCUT2D eigenvalue weighted by atomic mass is 10.1. The van der Waals surface area contributed by atoms with E-state index in [2.05, 4.69) is 10.6 Å². The van der Waals surface area contributed by atoms with E-state index >= 15 is 0 Å². The van der Waals surface area contributed by atoms with Crippen molar-refractivity contribution in [1.29, 1.82) is 0 Å². The molecule has 5 heteroatoms. The molecule has 0 amide bonds. The van der Waals surface area contributed by atoms with Gasteiger partial charge in [-0.2, -0.15) is 0 Å². The molecule has 0 bridgehead atoms. The van der Waals surface area contributed by atoms with Crippen LogP contribution in [0, 0.1) is 0 Å². The molecule has 0 saturated carbocycles. The average Bonchev–Trinajstić information content (AvgIpc) is 2.02. The van der Waals surface area contributed by atoms with Crippen molar-refractivity contribution in [2.45, 2.75) is 25.8 Å². The van der Waals surface area contributed by atoms with Gasteiger partial charge in [-0.1, -0.05) is 12.1 Å². The lowest BCUT2D eigenvalue weighted by Gasteiger charge is -2.20. The van der Waals surface area contributed by atoms with Crippen LogP contribution in [-0.2, 0) is 0 Å². The number of hydrogen-bond donors (Lipinski definition) is 3. The number of hydrazine groups is 1. The SMILES string of the molecule is CCC(CC(N)=NO)NN(C)C. The molecule has 0 aromatic rings. The van der Waals surface area contributed by atoms with Crippen LogP contribution in [0.4, 0.5) is 0 Å². The second kappa shape index (κ2) is 5.79. The Morgan fingerprint density at radius 1 is 1.67 bits per heavy atom. The number of hydrogen-bond acceptors (Lipinski definition) is 4. The van der Waals surface area contributed by atoms with Gasteiger partial charge >= 0.3 is 0 Å². The first-order valence-electron chi connectivity index (χ1n) is 4.00. The molecule has 0 spiro atoms. The fraction of sp³-hybridized carbons (Fsp3) is 0.857. The molecule has 0 aromatic carbocycles. The summed E-state index contributed by atoms with van der Waals surface area (Å²) >= 11 is 0. The molecule has 0 aliphatic rings. The van der Waals surface area contributed by atoms with Gasteiger partial charge in [0.05, 0.1) is 0 Å². The van der Waals surface area contributed by atoms with Gasteiger partial charge < -0.3 is 10.9 Å². The molecule has 0 radical (unpaired) electrons. The predicted octanol–water partition coefficient (Wildman–Crippen LogP) is -0.0323. The molecular formula is C7H18N4O. The Kier molecular flexibility index (Phi) is 5.40. The number of oxime groups is 1. The van der Waals surface area contributed by atoms with E-state index in [0.29, 0.717) is 6.42 Å². The lowest BCUT2D eigenvalue weighted by molar-refractivity contribution is 0.238. The van der Waals surface area contributed by atoms with Crippen molar-refractivity contribution in [3.63, 3.8) is 0 Å². The molecule has 0 saturated heterocycles. The first-order valence-corrected chi connectivity index (χ1v) is 4.00. The van der Waals surface area contributed by atoms with Gasteiger partial charge in [-0.3, -0.25) is 10.4 Å². The zero-order chi connectivity index (χ0) is 9.56. The van der Waals surface area contributed by atoms with Crippen LogP contribution in [0.25, 0.3) is 0 Å². The Hall–Kier alpha value is -0.810. The van der Waals surface area contributed by atoms with E-state index in [9.17, 15) is 0 Å². The topological polar surface area (TPSA) is 73.9 Å². The van der Waals surface area contributed by atoms with E-state index in [1.807, 2.05) is 26.0 Å². The van der Waals surface area contributed by atoms with Gasteiger partial charge in [0, 0.05) is 26.6 Å². The highest BCUT2D eigenvalue weighted by molar-refractivity contribution is 5.80.